The average Bonchev–Trinajstić information content (AvgIpc) is 2.86. The van der Waals surface area contributed by atoms with Crippen molar-refractivity contribution in [2.24, 2.45) is 0 Å². The third-order valence-corrected chi connectivity index (χ3v) is 6.77. The van der Waals surface area contributed by atoms with Crippen LogP contribution in [0.2, 0.25) is 0 Å². The number of aliphatic hydroxyl groups is 9. The van der Waals surface area contributed by atoms with Gasteiger partial charge in [-0.1, -0.05) is 6.92 Å². The molecule has 3 fully saturated rings. The van der Waals surface area contributed by atoms with Crippen molar-refractivity contribution in [3.63, 3.8) is 0 Å². The van der Waals surface area contributed by atoms with E-state index in [0.29, 0.717) is 0 Å². The van der Waals surface area contributed by atoms with Crippen LogP contribution in [0.1, 0.15) is 34.1 Å². The molecule has 15 atom stereocenters. The zero-order valence-corrected chi connectivity index (χ0v) is 21.8. The van der Waals surface area contributed by atoms with E-state index in [1.807, 2.05) is 0 Å². The molecular formula is C23H42O15. The van der Waals surface area contributed by atoms with Gasteiger partial charge in [-0.25, -0.2) is 0 Å². The Balaban J connectivity index is 1.76. The normalized spacial score (nSPS) is 48.7. The predicted molar refractivity (Wildman–Crippen MR) is 123 cm³/mol. The molecule has 3 saturated heterocycles. The van der Waals surface area contributed by atoms with Crippen LogP contribution in [0, 0.1) is 0 Å². The third-order valence-electron chi connectivity index (χ3n) is 6.77. The first-order chi connectivity index (χ1) is 17.7. The Bertz CT molecular complexity index is 732. The highest BCUT2D eigenvalue weighted by molar-refractivity contribution is 4.96. The van der Waals surface area contributed by atoms with Crippen LogP contribution >= 0.6 is 0 Å². The molecule has 3 aliphatic heterocycles. The van der Waals surface area contributed by atoms with Gasteiger partial charge < -0.3 is 74.4 Å². The molecule has 15 heteroatoms. The van der Waals surface area contributed by atoms with Gasteiger partial charge in [0.1, 0.15) is 67.1 Å². The fourth-order valence-electron chi connectivity index (χ4n) is 4.65. The lowest BCUT2D eigenvalue weighted by Crippen LogP contribution is -2.66. The Morgan fingerprint density at radius 2 is 1.00 bits per heavy atom. The maximum atomic E-state index is 10.8. The van der Waals surface area contributed by atoms with Crippen LogP contribution in [0.3, 0.4) is 0 Å². The molecule has 0 aliphatic carbocycles. The fraction of sp³-hybridized carbons (Fsp3) is 1.00. The van der Waals surface area contributed by atoms with Gasteiger partial charge in [-0.05, 0) is 27.2 Å². The molecule has 0 amide bonds. The summed E-state index contributed by atoms with van der Waals surface area (Å²) in [7, 11) is 0. The molecule has 0 spiro atoms. The van der Waals surface area contributed by atoms with E-state index >= 15 is 0 Å². The van der Waals surface area contributed by atoms with Gasteiger partial charge in [0.2, 0.25) is 0 Å². The van der Waals surface area contributed by atoms with Crippen LogP contribution in [0.5, 0.6) is 0 Å². The molecular weight excluding hydrogens is 516 g/mol. The zero-order chi connectivity index (χ0) is 28.5. The Morgan fingerprint density at radius 3 is 1.53 bits per heavy atom. The predicted octanol–water partition coefficient (Wildman–Crippen LogP) is -4.33. The van der Waals surface area contributed by atoms with E-state index in [2.05, 4.69) is 0 Å². The molecule has 3 rings (SSSR count). The van der Waals surface area contributed by atoms with Crippen LogP contribution < -0.4 is 0 Å². The topological polar surface area (TPSA) is 237 Å². The van der Waals surface area contributed by atoms with Gasteiger partial charge in [0.05, 0.1) is 24.9 Å². The van der Waals surface area contributed by atoms with Crippen molar-refractivity contribution in [1.29, 1.82) is 0 Å². The first kappa shape index (κ1) is 31.9. The molecule has 9 N–H and O–H groups in total. The maximum Gasteiger partial charge on any atom is 0.187 e. The highest BCUT2D eigenvalue weighted by atomic mass is 16.8. The van der Waals surface area contributed by atoms with E-state index in [0.717, 1.165) is 0 Å². The standard InChI is InChI=1S/C23H42O15/c1-5-8-11(26)13(28)16(31)20(33-8)36-18-10(7-25)35-21(17(32)15(18)30)37-19-14(29)12(27)9(6-24)34-22(19)38-23(2,3)4/h8-22,24-32H,5-7H2,1-4H3/t8-,9-,10-,11-,12-,13+,14+,15-,16-,17-,18-,19-,20?,21+,22+/m1/s1. The Kier molecular flexibility index (Phi) is 10.9. The van der Waals surface area contributed by atoms with Crippen molar-refractivity contribution in [3.8, 4) is 0 Å². The van der Waals surface area contributed by atoms with Gasteiger partial charge in [0.25, 0.3) is 0 Å². The minimum atomic E-state index is -1.84. The summed E-state index contributed by atoms with van der Waals surface area (Å²) in [6.45, 7) is 5.38. The lowest BCUT2D eigenvalue weighted by atomic mass is 9.95. The van der Waals surface area contributed by atoms with Crippen LogP contribution in [0.25, 0.3) is 0 Å². The summed E-state index contributed by atoms with van der Waals surface area (Å²) in [5.74, 6) is 0. The van der Waals surface area contributed by atoms with Crippen LogP contribution in [-0.2, 0) is 28.4 Å². The lowest BCUT2D eigenvalue weighted by Gasteiger charge is -2.48. The Labute approximate surface area is 220 Å². The van der Waals surface area contributed by atoms with E-state index in [1.165, 1.54) is 0 Å². The quantitative estimate of drug-likeness (QED) is 0.137. The second-order valence-corrected chi connectivity index (χ2v) is 10.8. The van der Waals surface area contributed by atoms with Gasteiger partial charge >= 0.3 is 0 Å². The van der Waals surface area contributed by atoms with Crippen molar-refractivity contribution < 1.29 is 74.4 Å². The molecule has 0 aromatic rings. The molecule has 3 heterocycles. The summed E-state index contributed by atoms with van der Waals surface area (Å²) < 4.78 is 33.8. The molecule has 0 saturated carbocycles. The molecule has 0 aromatic carbocycles. The highest BCUT2D eigenvalue weighted by Crippen LogP contribution is 2.33. The molecule has 0 bridgehead atoms. The van der Waals surface area contributed by atoms with Crippen molar-refractivity contribution in [2.75, 3.05) is 13.2 Å². The lowest BCUT2D eigenvalue weighted by molar-refractivity contribution is -0.389. The van der Waals surface area contributed by atoms with Gasteiger partial charge in [-0.15, -0.1) is 0 Å². The van der Waals surface area contributed by atoms with E-state index in [9.17, 15) is 46.0 Å². The summed E-state index contributed by atoms with van der Waals surface area (Å²) in [5, 5.41) is 92.6. The Morgan fingerprint density at radius 1 is 0.553 bits per heavy atom. The molecule has 0 aromatic heterocycles. The van der Waals surface area contributed by atoms with Crippen molar-refractivity contribution >= 4 is 0 Å². The van der Waals surface area contributed by atoms with Crippen molar-refractivity contribution in [3.05, 3.63) is 0 Å². The molecule has 1 unspecified atom stereocenters. The third kappa shape index (κ3) is 6.82. The number of rotatable bonds is 8. The van der Waals surface area contributed by atoms with Crippen LogP contribution in [0.4, 0.5) is 0 Å². The second kappa shape index (κ2) is 12.9. The zero-order valence-electron chi connectivity index (χ0n) is 21.8. The van der Waals surface area contributed by atoms with E-state index in [-0.39, 0.29) is 6.42 Å². The van der Waals surface area contributed by atoms with Crippen LogP contribution in [-0.4, -0.2) is 157 Å². The molecule has 15 nitrogen and oxygen atoms in total. The maximum absolute atomic E-state index is 10.8. The summed E-state index contributed by atoms with van der Waals surface area (Å²) in [6.07, 6.45) is -22.2. The van der Waals surface area contributed by atoms with Crippen LogP contribution in [0.15, 0.2) is 0 Å². The van der Waals surface area contributed by atoms with Gasteiger partial charge in [0.15, 0.2) is 18.9 Å². The minimum Gasteiger partial charge on any atom is -0.394 e. The largest absolute Gasteiger partial charge is 0.394 e. The first-order valence-electron chi connectivity index (χ1n) is 12.7. The summed E-state index contributed by atoms with van der Waals surface area (Å²) in [5.41, 5.74) is -0.818. The number of hydrogen-bond donors (Lipinski definition) is 9. The van der Waals surface area contributed by atoms with E-state index < -0.39 is 111 Å². The molecule has 0 radical (unpaired) electrons. The number of hydrogen-bond acceptors (Lipinski definition) is 15. The Hall–Kier alpha value is -0.600. The van der Waals surface area contributed by atoms with Gasteiger partial charge in [0, 0.05) is 0 Å². The smallest absolute Gasteiger partial charge is 0.187 e. The van der Waals surface area contributed by atoms with Crippen molar-refractivity contribution in [1.82, 2.24) is 0 Å². The minimum absolute atomic E-state index is 0.267. The van der Waals surface area contributed by atoms with E-state index in [4.69, 9.17) is 28.4 Å². The SMILES string of the molecule is CC[C@H]1OC(O[C@H]2[C@H](O)[C@@H](O)[C@H](O[C@H]3[C@H](OC(C)(C)C)O[C@H](CO)[C@@H](O)[C@@H]3O)O[C@@H]2CO)[C@H](O)[C@@H](O)[C@@H]1O. The number of ether oxygens (including phenoxy) is 6. The molecule has 38 heavy (non-hydrogen) atoms. The highest BCUT2D eigenvalue weighted by Gasteiger charge is 2.53. The van der Waals surface area contributed by atoms with Gasteiger partial charge in [-0.3, -0.25) is 0 Å². The summed E-state index contributed by atoms with van der Waals surface area (Å²) >= 11 is 0. The monoisotopic (exact) mass is 558 g/mol. The molecule has 3 aliphatic rings. The molecule has 224 valence electrons. The summed E-state index contributed by atoms with van der Waals surface area (Å²) in [6, 6.07) is 0. The fourth-order valence-corrected chi connectivity index (χ4v) is 4.65. The number of aliphatic hydroxyl groups excluding tert-OH is 9. The second-order valence-electron chi connectivity index (χ2n) is 10.8. The van der Waals surface area contributed by atoms with Crippen molar-refractivity contribution in [2.45, 2.75) is 132 Å². The first-order valence-corrected chi connectivity index (χ1v) is 12.7. The van der Waals surface area contributed by atoms with Gasteiger partial charge in [-0.2, -0.15) is 0 Å². The van der Waals surface area contributed by atoms with E-state index in [1.54, 1.807) is 27.7 Å². The average molecular weight is 559 g/mol. The summed E-state index contributed by atoms with van der Waals surface area (Å²) in [4.78, 5) is 0.